The molecular formula is C18H22N2O3S. The Kier molecular flexibility index (Phi) is 6.49. The summed E-state index contributed by atoms with van der Waals surface area (Å²) in [7, 11) is 0. The van der Waals surface area contributed by atoms with Crippen molar-refractivity contribution in [3.63, 3.8) is 0 Å². The van der Waals surface area contributed by atoms with E-state index < -0.39 is 12.0 Å². The van der Waals surface area contributed by atoms with Gasteiger partial charge in [-0.05, 0) is 18.9 Å². The van der Waals surface area contributed by atoms with Gasteiger partial charge in [-0.3, -0.25) is 4.79 Å². The molecule has 0 unspecified atom stereocenters. The largest absolute Gasteiger partial charge is 0.480 e. The fraction of sp³-hybridized carbons (Fsp3) is 0.389. The third-order valence-corrected chi connectivity index (χ3v) is 4.85. The lowest BCUT2D eigenvalue weighted by Crippen LogP contribution is -2.40. The summed E-state index contributed by atoms with van der Waals surface area (Å²) in [5.41, 5.74) is 1.77. The van der Waals surface area contributed by atoms with Crippen LogP contribution in [0.1, 0.15) is 52.1 Å². The van der Waals surface area contributed by atoms with Crippen molar-refractivity contribution >= 4 is 23.2 Å². The van der Waals surface area contributed by atoms with E-state index in [0.717, 1.165) is 23.4 Å². The Morgan fingerprint density at radius 3 is 2.62 bits per heavy atom. The molecule has 1 atom stereocenters. The number of aryl methyl sites for hydroxylation is 1. The van der Waals surface area contributed by atoms with Crippen molar-refractivity contribution in [3.05, 3.63) is 51.5 Å². The Morgan fingerprint density at radius 2 is 2.00 bits per heavy atom. The van der Waals surface area contributed by atoms with Crippen LogP contribution in [0.2, 0.25) is 0 Å². The van der Waals surface area contributed by atoms with Crippen LogP contribution in [0.15, 0.2) is 30.3 Å². The van der Waals surface area contributed by atoms with Crippen LogP contribution in [0, 0.1) is 6.92 Å². The quantitative estimate of drug-likeness (QED) is 0.767. The van der Waals surface area contributed by atoms with E-state index in [1.54, 1.807) is 6.92 Å². The van der Waals surface area contributed by atoms with Crippen molar-refractivity contribution < 1.29 is 14.7 Å². The van der Waals surface area contributed by atoms with E-state index in [9.17, 15) is 14.7 Å². The normalized spacial score (nSPS) is 11.9. The molecule has 0 radical (unpaired) electrons. The summed E-state index contributed by atoms with van der Waals surface area (Å²) in [5, 5.41) is 12.7. The van der Waals surface area contributed by atoms with Gasteiger partial charge in [0.1, 0.15) is 10.9 Å². The molecule has 24 heavy (non-hydrogen) atoms. The molecule has 0 aliphatic carbocycles. The van der Waals surface area contributed by atoms with Crippen LogP contribution in [0.4, 0.5) is 0 Å². The molecule has 5 nitrogen and oxygen atoms in total. The van der Waals surface area contributed by atoms with Gasteiger partial charge in [0, 0.05) is 6.42 Å². The van der Waals surface area contributed by atoms with Gasteiger partial charge in [0.15, 0.2) is 0 Å². The number of thiazole rings is 1. The highest BCUT2D eigenvalue weighted by molar-refractivity contribution is 7.13. The average Bonchev–Trinajstić information content (AvgIpc) is 2.92. The summed E-state index contributed by atoms with van der Waals surface area (Å²) < 4.78 is 0. The molecule has 1 heterocycles. The van der Waals surface area contributed by atoms with Crippen LogP contribution < -0.4 is 5.32 Å². The number of carbonyl (C=O) groups is 2. The molecule has 0 aliphatic heterocycles. The summed E-state index contributed by atoms with van der Waals surface area (Å²) in [6, 6.07) is 9.07. The van der Waals surface area contributed by atoms with E-state index in [4.69, 9.17) is 0 Å². The number of nitrogens with one attached hydrogen (secondary N) is 1. The summed E-state index contributed by atoms with van der Waals surface area (Å²) in [6.45, 7) is 3.77. The number of aliphatic carboxylic acids is 1. The molecule has 1 amide bonds. The summed E-state index contributed by atoms with van der Waals surface area (Å²) in [5.74, 6) is -1.35. The molecule has 2 rings (SSSR count). The van der Waals surface area contributed by atoms with Crippen LogP contribution in [-0.2, 0) is 11.2 Å². The Balaban J connectivity index is 2.08. The molecule has 0 saturated heterocycles. The maximum Gasteiger partial charge on any atom is 0.326 e. The molecule has 1 aromatic heterocycles. The van der Waals surface area contributed by atoms with E-state index in [0.29, 0.717) is 23.4 Å². The molecule has 0 saturated carbocycles. The van der Waals surface area contributed by atoms with Crippen molar-refractivity contribution in [1.29, 1.82) is 0 Å². The Bertz CT molecular complexity index is 698. The number of carboxylic acids is 1. The van der Waals surface area contributed by atoms with Crippen molar-refractivity contribution in [2.75, 3.05) is 0 Å². The maximum atomic E-state index is 12.4. The highest BCUT2D eigenvalue weighted by Crippen LogP contribution is 2.21. The van der Waals surface area contributed by atoms with Gasteiger partial charge in [0.25, 0.3) is 5.91 Å². The molecular weight excluding hydrogens is 324 g/mol. The number of unbranched alkanes of at least 4 members (excludes halogenated alkanes) is 1. The predicted octanol–water partition coefficient (Wildman–Crippen LogP) is 3.42. The van der Waals surface area contributed by atoms with Gasteiger partial charge < -0.3 is 10.4 Å². The number of carbonyl (C=O) groups excluding carboxylic acids is 1. The zero-order valence-electron chi connectivity index (χ0n) is 13.9. The zero-order chi connectivity index (χ0) is 17.5. The van der Waals surface area contributed by atoms with Gasteiger partial charge in [-0.2, -0.15) is 0 Å². The second-order valence-corrected chi connectivity index (χ2v) is 6.77. The standard InChI is InChI=1S/C18H22N2O3S/c1-3-4-10-14(18(22)23)20-17(21)16-12(2)19-15(24-16)11-13-8-6-5-7-9-13/h5-9,14H,3-4,10-11H2,1-2H3,(H,20,21)(H,22,23)/t14-/m0/s1. The van der Waals surface area contributed by atoms with Gasteiger partial charge in [-0.25, -0.2) is 9.78 Å². The lowest BCUT2D eigenvalue weighted by molar-refractivity contribution is -0.139. The van der Waals surface area contributed by atoms with E-state index in [-0.39, 0.29) is 5.91 Å². The number of amides is 1. The predicted molar refractivity (Wildman–Crippen MR) is 94.5 cm³/mol. The van der Waals surface area contributed by atoms with Gasteiger partial charge in [0.05, 0.1) is 10.7 Å². The molecule has 0 bridgehead atoms. The maximum absolute atomic E-state index is 12.4. The smallest absolute Gasteiger partial charge is 0.326 e. The third kappa shape index (κ3) is 4.89. The molecule has 2 N–H and O–H groups in total. The van der Waals surface area contributed by atoms with Crippen LogP contribution in [0.25, 0.3) is 0 Å². The Hall–Kier alpha value is -2.21. The van der Waals surface area contributed by atoms with E-state index in [2.05, 4.69) is 10.3 Å². The first-order valence-corrected chi connectivity index (χ1v) is 8.86. The van der Waals surface area contributed by atoms with Gasteiger partial charge >= 0.3 is 5.97 Å². The minimum absolute atomic E-state index is 0.354. The molecule has 0 aliphatic rings. The van der Waals surface area contributed by atoms with Gasteiger partial charge in [0.2, 0.25) is 0 Å². The minimum atomic E-state index is -0.997. The molecule has 2 aromatic rings. The minimum Gasteiger partial charge on any atom is -0.480 e. The summed E-state index contributed by atoms with van der Waals surface area (Å²) >= 11 is 1.32. The van der Waals surface area contributed by atoms with Crippen molar-refractivity contribution in [1.82, 2.24) is 10.3 Å². The third-order valence-electron chi connectivity index (χ3n) is 3.70. The second-order valence-electron chi connectivity index (χ2n) is 5.69. The fourth-order valence-corrected chi connectivity index (χ4v) is 3.40. The lowest BCUT2D eigenvalue weighted by Gasteiger charge is -2.13. The highest BCUT2D eigenvalue weighted by Gasteiger charge is 2.23. The first kappa shape index (κ1) is 18.1. The molecule has 128 valence electrons. The Labute approximate surface area is 145 Å². The first-order valence-electron chi connectivity index (χ1n) is 8.05. The monoisotopic (exact) mass is 346 g/mol. The van der Waals surface area contributed by atoms with E-state index >= 15 is 0 Å². The van der Waals surface area contributed by atoms with Crippen molar-refractivity contribution in [2.24, 2.45) is 0 Å². The number of nitrogens with zero attached hydrogens (tertiary/aromatic N) is 1. The molecule has 0 spiro atoms. The number of hydrogen-bond donors (Lipinski definition) is 2. The van der Waals surface area contributed by atoms with E-state index in [1.165, 1.54) is 11.3 Å². The number of carboxylic acid groups (broad SMARTS) is 1. The van der Waals surface area contributed by atoms with Crippen LogP contribution >= 0.6 is 11.3 Å². The number of rotatable bonds is 8. The molecule has 0 fully saturated rings. The summed E-state index contributed by atoms with van der Waals surface area (Å²) in [4.78, 5) is 28.6. The second kappa shape index (κ2) is 8.59. The lowest BCUT2D eigenvalue weighted by atomic mass is 10.1. The molecule has 6 heteroatoms. The van der Waals surface area contributed by atoms with Crippen LogP contribution in [-0.4, -0.2) is 28.0 Å². The van der Waals surface area contributed by atoms with Crippen LogP contribution in [0.5, 0.6) is 0 Å². The fourth-order valence-electron chi connectivity index (χ4n) is 2.40. The number of benzene rings is 1. The number of hydrogen-bond acceptors (Lipinski definition) is 4. The van der Waals surface area contributed by atoms with Crippen LogP contribution in [0.3, 0.4) is 0 Å². The van der Waals surface area contributed by atoms with Crippen molar-refractivity contribution in [2.45, 2.75) is 45.6 Å². The topological polar surface area (TPSA) is 79.3 Å². The molecule has 1 aromatic carbocycles. The highest BCUT2D eigenvalue weighted by atomic mass is 32.1. The summed E-state index contributed by atoms with van der Waals surface area (Å²) in [6.07, 6.45) is 2.75. The van der Waals surface area contributed by atoms with Gasteiger partial charge in [-0.1, -0.05) is 50.1 Å². The number of aromatic nitrogens is 1. The van der Waals surface area contributed by atoms with Gasteiger partial charge in [-0.15, -0.1) is 11.3 Å². The first-order chi connectivity index (χ1) is 11.5. The SMILES string of the molecule is CCCC[C@H](NC(=O)c1sc(Cc2ccccc2)nc1C)C(=O)O. The Morgan fingerprint density at radius 1 is 1.29 bits per heavy atom. The average molecular weight is 346 g/mol. The van der Waals surface area contributed by atoms with E-state index in [1.807, 2.05) is 37.3 Å². The van der Waals surface area contributed by atoms with Crippen molar-refractivity contribution in [3.8, 4) is 0 Å². The zero-order valence-corrected chi connectivity index (χ0v) is 14.7.